The number of Topliss-reactive ketones (excluding diaryl/α,β-unsaturated/α-hetero) is 1. The Morgan fingerprint density at radius 3 is 2.38 bits per heavy atom. The van der Waals surface area contributed by atoms with Crippen molar-refractivity contribution < 1.29 is 9.59 Å². The van der Waals surface area contributed by atoms with E-state index in [-0.39, 0.29) is 0 Å². The summed E-state index contributed by atoms with van der Waals surface area (Å²) >= 11 is 0. The number of aryl methyl sites for hydroxylation is 3. The van der Waals surface area contributed by atoms with Crippen molar-refractivity contribution in [3.05, 3.63) is 64.7 Å². The van der Waals surface area contributed by atoms with E-state index < -0.39 is 17.6 Å². The van der Waals surface area contributed by atoms with E-state index in [0.29, 0.717) is 11.3 Å². The summed E-state index contributed by atoms with van der Waals surface area (Å²) in [6, 6.07) is 14.7. The summed E-state index contributed by atoms with van der Waals surface area (Å²) in [7, 11) is 0. The van der Waals surface area contributed by atoms with Gasteiger partial charge in [0.15, 0.2) is 0 Å². The van der Waals surface area contributed by atoms with Gasteiger partial charge in [-0.2, -0.15) is 5.26 Å². The van der Waals surface area contributed by atoms with Crippen LogP contribution in [0.3, 0.4) is 0 Å². The van der Waals surface area contributed by atoms with Crippen LogP contribution in [0.15, 0.2) is 42.5 Å². The molecule has 0 bridgehead atoms. The van der Waals surface area contributed by atoms with E-state index in [1.165, 1.54) is 0 Å². The lowest BCUT2D eigenvalue weighted by molar-refractivity contribution is -0.135. The van der Waals surface area contributed by atoms with Gasteiger partial charge in [-0.05, 0) is 37.0 Å². The Hall–Kier alpha value is -2.93. The molecule has 0 fully saturated rings. The lowest BCUT2D eigenvalue weighted by Gasteiger charge is -2.14. The van der Waals surface area contributed by atoms with Crippen LogP contribution in [0, 0.1) is 25.2 Å². The van der Waals surface area contributed by atoms with Gasteiger partial charge in [0.25, 0.3) is 5.91 Å². The highest BCUT2D eigenvalue weighted by Crippen LogP contribution is 2.23. The Labute approximate surface area is 142 Å². The van der Waals surface area contributed by atoms with E-state index in [0.717, 1.165) is 23.1 Å². The van der Waals surface area contributed by atoms with Crippen molar-refractivity contribution in [2.45, 2.75) is 33.1 Å². The van der Waals surface area contributed by atoms with Crippen LogP contribution < -0.4 is 5.32 Å². The molecule has 0 aliphatic heterocycles. The van der Waals surface area contributed by atoms with E-state index >= 15 is 0 Å². The molecule has 0 heterocycles. The first-order valence-corrected chi connectivity index (χ1v) is 7.87. The maximum atomic E-state index is 12.4. The number of anilines is 1. The predicted octanol–water partition coefficient (Wildman–Crippen LogP) is 3.68. The summed E-state index contributed by atoms with van der Waals surface area (Å²) < 4.78 is 0. The highest BCUT2D eigenvalue weighted by Gasteiger charge is 2.27. The normalized spacial score (nSPS) is 11.4. The number of nitrogens with zero attached hydrogens (tertiary/aromatic N) is 1. The molecule has 0 aliphatic rings. The van der Waals surface area contributed by atoms with Gasteiger partial charge >= 0.3 is 0 Å². The van der Waals surface area contributed by atoms with Gasteiger partial charge in [-0.3, -0.25) is 9.59 Å². The summed E-state index contributed by atoms with van der Waals surface area (Å²) in [5.74, 6) is -2.60. The molecule has 1 N–H and O–H groups in total. The molecule has 0 saturated heterocycles. The van der Waals surface area contributed by atoms with Crippen molar-refractivity contribution in [3.63, 3.8) is 0 Å². The van der Waals surface area contributed by atoms with E-state index in [2.05, 4.69) is 5.32 Å². The van der Waals surface area contributed by atoms with Crippen LogP contribution in [-0.4, -0.2) is 11.7 Å². The largest absolute Gasteiger partial charge is 0.319 e. The molecule has 0 aromatic heterocycles. The molecule has 1 amide bonds. The first kappa shape index (κ1) is 17.4. The van der Waals surface area contributed by atoms with Gasteiger partial charge in [-0.25, -0.2) is 0 Å². The van der Waals surface area contributed by atoms with Crippen molar-refractivity contribution in [3.8, 4) is 6.07 Å². The van der Waals surface area contributed by atoms with E-state index in [4.69, 9.17) is 0 Å². The summed E-state index contributed by atoms with van der Waals surface area (Å²) in [6.45, 7) is 5.78. The number of hydrogen-bond acceptors (Lipinski definition) is 3. The molecule has 2 rings (SSSR count). The van der Waals surface area contributed by atoms with Crippen LogP contribution in [0.5, 0.6) is 0 Å². The number of nitrogens with one attached hydrogen (secondary N) is 1. The van der Waals surface area contributed by atoms with Crippen molar-refractivity contribution in [2.24, 2.45) is 0 Å². The first-order chi connectivity index (χ1) is 11.5. The van der Waals surface area contributed by atoms with Gasteiger partial charge in [0.1, 0.15) is 5.92 Å². The molecule has 0 aliphatic carbocycles. The molecule has 0 saturated carbocycles. The van der Waals surface area contributed by atoms with Gasteiger partial charge in [0, 0.05) is 5.69 Å². The van der Waals surface area contributed by atoms with Crippen LogP contribution in [0.4, 0.5) is 5.69 Å². The zero-order chi connectivity index (χ0) is 17.7. The fraction of sp³-hybridized carbons (Fsp3) is 0.250. The number of hydrogen-bond donors (Lipinski definition) is 1. The minimum atomic E-state index is -1.10. The molecule has 4 heteroatoms. The molecule has 24 heavy (non-hydrogen) atoms. The van der Waals surface area contributed by atoms with E-state index in [9.17, 15) is 14.9 Å². The molecule has 0 unspecified atom stereocenters. The Morgan fingerprint density at radius 1 is 1.12 bits per heavy atom. The lowest BCUT2D eigenvalue weighted by Crippen LogP contribution is -2.28. The molecular formula is C20H20N2O2. The predicted molar refractivity (Wildman–Crippen MR) is 93.7 cm³/mol. The second kappa shape index (κ2) is 7.56. The molecular weight excluding hydrogens is 300 g/mol. The number of rotatable bonds is 5. The fourth-order valence-electron chi connectivity index (χ4n) is 2.55. The average Bonchev–Trinajstić information content (AvgIpc) is 2.58. The molecule has 4 nitrogen and oxygen atoms in total. The Balaban J connectivity index is 2.24. The standard InChI is InChI=1S/C20H20N2O2/c1-4-15-7-5-6-14(3)18(15)22-20(24)19(23)17(12-21)16-10-8-13(2)9-11-16/h5-11,17H,4H2,1-3H3,(H,22,24)/t17-/m0/s1. The van der Waals surface area contributed by atoms with E-state index in [1.54, 1.807) is 12.1 Å². The van der Waals surface area contributed by atoms with Crippen molar-refractivity contribution >= 4 is 17.4 Å². The molecule has 1 atom stereocenters. The third kappa shape index (κ3) is 3.69. The number of benzene rings is 2. The summed E-state index contributed by atoms with van der Waals surface area (Å²) in [5, 5.41) is 12.0. The smallest absolute Gasteiger partial charge is 0.293 e. The van der Waals surface area contributed by atoms with Crippen LogP contribution in [0.1, 0.15) is 35.1 Å². The topological polar surface area (TPSA) is 70.0 Å². The van der Waals surface area contributed by atoms with Crippen molar-refractivity contribution in [2.75, 3.05) is 5.32 Å². The SMILES string of the molecule is CCc1cccc(C)c1NC(=O)C(=O)[C@@H](C#N)c1ccc(C)cc1. The zero-order valence-corrected chi connectivity index (χ0v) is 14.1. The molecule has 0 radical (unpaired) electrons. The monoisotopic (exact) mass is 320 g/mol. The highest BCUT2D eigenvalue weighted by atomic mass is 16.2. The second-order valence-corrected chi connectivity index (χ2v) is 5.75. The second-order valence-electron chi connectivity index (χ2n) is 5.75. The maximum absolute atomic E-state index is 12.4. The number of carbonyl (C=O) groups excluding carboxylic acids is 2. The number of carbonyl (C=O) groups is 2. The Kier molecular flexibility index (Phi) is 5.49. The minimum Gasteiger partial charge on any atom is -0.319 e. The van der Waals surface area contributed by atoms with Crippen LogP contribution in [0.25, 0.3) is 0 Å². The van der Waals surface area contributed by atoms with Gasteiger partial charge in [-0.15, -0.1) is 0 Å². The Morgan fingerprint density at radius 2 is 1.79 bits per heavy atom. The average molecular weight is 320 g/mol. The van der Waals surface area contributed by atoms with Crippen molar-refractivity contribution in [1.82, 2.24) is 0 Å². The van der Waals surface area contributed by atoms with Crippen LogP contribution >= 0.6 is 0 Å². The lowest BCUT2D eigenvalue weighted by atomic mass is 9.94. The van der Waals surface area contributed by atoms with E-state index in [1.807, 2.05) is 57.2 Å². The zero-order valence-electron chi connectivity index (χ0n) is 14.1. The number of amides is 1. The number of nitriles is 1. The fourth-order valence-corrected chi connectivity index (χ4v) is 2.55. The Bertz CT molecular complexity index is 801. The molecule has 2 aromatic carbocycles. The molecule has 0 spiro atoms. The molecule has 122 valence electrons. The van der Waals surface area contributed by atoms with Crippen molar-refractivity contribution in [1.29, 1.82) is 5.26 Å². The van der Waals surface area contributed by atoms with Crippen LogP contribution in [-0.2, 0) is 16.0 Å². The van der Waals surface area contributed by atoms with Gasteiger partial charge in [0.05, 0.1) is 6.07 Å². The summed E-state index contributed by atoms with van der Waals surface area (Å²) in [5.41, 5.74) is 4.06. The van der Waals surface area contributed by atoms with Gasteiger partial charge in [0.2, 0.25) is 5.78 Å². The first-order valence-electron chi connectivity index (χ1n) is 7.87. The highest BCUT2D eigenvalue weighted by molar-refractivity contribution is 6.43. The minimum absolute atomic E-state index is 0.531. The molecule has 2 aromatic rings. The summed E-state index contributed by atoms with van der Waals surface area (Å²) in [4.78, 5) is 24.8. The number of ketones is 1. The number of para-hydroxylation sites is 1. The third-order valence-corrected chi connectivity index (χ3v) is 4.00. The maximum Gasteiger partial charge on any atom is 0.293 e. The third-order valence-electron chi connectivity index (χ3n) is 4.00. The summed E-state index contributed by atoms with van der Waals surface area (Å²) in [6.07, 6.45) is 0.741. The van der Waals surface area contributed by atoms with Gasteiger partial charge in [-0.1, -0.05) is 55.0 Å². The van der Waals surface area contributed by atoms with Crippen LogP contribution in [0.2, 0.25) is 0 Å². The van der Waals surface area contributed by atoms with Gasteiger partial charge < -0.3 is 5.32 Å². The quantitative estimate of drug-likeness (QED) is 0.854.